The van der Waals surface area contributed by atoms with Gasteiger partial charge in [-0.3, -0.25) is 9.59 Å². The number of carbonyl (C=O) groups is 2. The molecule has 0 aliphatic rings. The number of benzene rings is 3. The molecule has 3 aromatic carbocycles. The van der Waals surface area contributed by atoms with Crippen LogP contribution in [0.25, 0.3) is 0 Å². The van der Waals surface area contributed by atoms with Gasteiger partial charge in [-0.25, -0.2) is 4.39 Å². The van der Waals surface area contributed by atoms with Crippen molar-refractivity contribution in [2.75, 3.05) is 26.7 Å². The van der Waals surface area contributed by atoms with Gasteiger partial charge in [0, 0.05) is 49.4 Å². The van der Waals surface area contributed by atoms with Gasteiger partial charge in [0.15, 0.2) is 0 Å². The number of aryl methyl sites for hydroxylation is 1. The molecule has 8 nitrogen and oxygen atoms in total. The van der Waals surface area contributed by atoms with Crippen LogP contribution in [0.1, 0.15) is 64.1 Å². The van der Waals surface area contributed by atoms with Gasteiger partial charge in [0.1, 0.15) is 17.3 Å². The number of nitrogens with two attached hydrogens (primary N) is 1. The summed E-state index contributed by atoms with van der Waals surface area (Å²) in [6.07, 6.45) is 0.567. The molecule has 3 rings (SSSR count). The fourth-order valence-corrected chi connectivity index (χ4v) is 4.98. The summed E-state index contributed by atoms with van der Waals surface area (Å²) >= 11 is 0. The minimum Gasteiger partial charge on any atom is -0.508 e. The topological polar surface area (TPSA) is 116 Å². The Morgan fingerprint density at radius 1 is 0.930 bits per heavy atom. The van der Waals surface area contributed by atoms with Crippen LogP contribution < -0.4 is 10.5 Å². The van der Waals surface area contributed by atoms with E-state index >= 15 is 0 Å². The van der Waals surface area contributed by atoms with Gasteiger partial charge < -0.3 is 30.5 Å². The van der Waals surface area contributed by atoms with Gasteiger partial charge >= 0.3 is 0 Å². The van der Waals surface area contributed by atoms with E-state index in [1.54, 1.807) is 42.3 Å². The standard InChI is InChI=1S/C33H42FN3O5.ClH/c1-5-10-36(11-6-2)32(40)25-12-22(3)13-26(18-25)33(41)37(20-23-8-7-9-29(16-23)42-4)21-31(39)30(35)17-24-14-27(34)19-28(38)15-24;/h7-9,12-16,18-19,30-31,38-39H,5-6,10-11,17,20-21,35H2,1-4H3;1H/t30-,31+;/m0./s1. The average molecular weight is 616 g/mol. The van der Waals surface area contributed by atoms with Crippen molar-refractivity contribution in [2.45, 2.75) is 58.7 Å². The van der Waals surface area contributed by atoms with Crippen molar-refractivity contribution in [2.24, 2.45) is 5.73 Å². The lowest BCUT2D eigenvalue weighted by atomic mass is 10.00. The summed E-state index contributed by atoms with van der Waals surface area (Å²) in [6, 6.07) is 15.2. The molecule has 0 aromatic heterocycles. The van der Waals surface area contributed by atoms with Crippen LogP contribution in [0.15, 0.2) is 60.7 Å². The molecule has 0 bridgehead atoms. The quantitative estimate of drug-likeness (QED) is 0.232. The van der Waals surface area contributed by atoms with Crippen molar-refractivity contribution in [3.05, 3.63) is 94.3 Å². The summed E-state index contributed by atoms with van der Waals surface area (Å²) in [7, 11) is 1.56. The molecule has 2 amide bonds. The van der Waals surface area contributed by atoms with E-state index in [1.165, 1.54) is 17.0 Å². The lowest BCUT2D eigenvalue weighted by molar-refractivity contribution is 0.0554. The number of amides is 2. The van der Waals surface area contributed by atoms with Crippen LogP contribution in [0.5, 0.6) is 11.5 Å². The maximum atomic E-state index is 14.0. The molecule has 0 saturated heterocycles. The Bertz CT molecular complexity index is 1350. The van der Waals surface area contributed by atoms with E-state index in [9.17, 15) is 24.2 Å². The summed E-state index contributed by atoms with van der Waals surface area (Å²) in [5, 5.41) is 20.8. The Morgan fingerprint density at radius 2 is 1.56 bits per heavy atom. The molecule has 3 aromatic rings. The highest BCUT2D eigenvalue weighted by Crippen LogP contribution is 2.21. The van der Waals surface area contributed by atoms with Crippen molar-refractivity contribution in [3.63, 3.8) is 0 Å². The fourth-order valence-electron chi connectivity index (χ4n) is 4.98. The largest absolute Gasteiger partial charge is 0.508 e. The molecule has 10 heteroatoms. The molecule has 0 saturated carbocycles. The number of halogens is 2. The first-order valence-electron chi connectivity index (χ1n) is 14.3. The summed E-state index contributed by atoms with van der Waals surface area (Å²) in [4.78, 5) is 30.6. The number of methoxy groups -OCH3 is 1. The number of phenolic OH excluding ortho intramolecular Hbond substituents is 1. The van der Waals surface area contributed by atoms with Crippen molar-refractivity contribution >= 4 is 24.2 Å². The molecule has 2 atom stereocenters. The highest BCUT2D eigenvalue weighted by Gasteiger charge is 2.25. The predicted octanol–water partition coefficient (Wildman–Crippen LogP) is 5.11. The van der Waals surface area contributed by atoms with E-state index < -0.39 is 18.0 Å². The van der Waals surface area contributed by atoms with Crippen molar-refractivity contribution in [3.8, 4) is 11.5 Å². The van der Waals surface area contributed by atoms with E-state index in [-0.39, 0.29) is 49.5 Å². The molecule has 0 unspecified atom stereocenters. The van der Waals surface area contributed by atoms with Crippen LogP contribution in [0.2, 0.25) is 0 Å². The van der Waals surface area contributed by atoms with Gasteiger partial charge in [-0.1, -0.05) is 26.0 Å². The van der Waals surface area contributed by atoms with Gasteiger partial charge in [-0.2, -0.15) is 0 Å². The SMILES string of the molecule is CCCN(CCC)C(=O)c1cc(C)cc(C(=O)N(Cc2cccc(OC)c2)C[C@@H](O)[C@@H](N)Cc2cc(O)cc(F)c2)c1.Cl. The van der Waals surface area contributed by atoms with Gasteiger partial charge in [-0.05, 0) is 85.3 Å². The third kappa shape index (κ3) is 10.2. The zero-order valence-electron chi connectivity index (χ0n) is 25.3. The number of aliphatic hydroxyl groups excluding tert-OH is 1. The molecule has 0 heterocycles. The monoisotopic (exact) mass is 615 g/mol. The van der Waals surface area contributed by atoms with Crippen molar-refractivity contribution in [1.29, 1.82) is 0 Å². The number of rotatable bonds is 14. The van der Waals surface area contributed by atoms with Crippen molar-refractivity contribution < 1.29 is 28.9 Å². The van der Waals surface area contributed by atoms with Gasteiger partial charge in [0.05, 0.1) is 13.2 Å². The number of aliphatic hydroxyl groups is 1. The molecule has 0 spiro atoms. The first-order valence-corrected chi connectivity index (χ1v) is 14.3. The second-order valence-corrected chi connectivity index (χ2v) is 10.7. The maximum Gasteiger partial charge on any atom is 0.254 e. The number of ether oxygens (including phenoxy) is 1. The second-order valence-electron chi connectivity index (χ2n) is 10.7. The molecular formula is C33H43ClFN3O5. The summed E-state index contributed by atoms with van der Waals surface area (Å²) < 4.78 is 19.1. The molecule has 0 aliphatic heterocycles. The van der Waals surface area contributed by atoms with Crippen LogP contribution in [0, 0.1) is 12.7 Å². The third-order valence-electron chi connectivity index (χ3n) is 6.96. The number of hydrogen-bond donors (Lipinski definition) is 3. The molecule has 0 aliphatic carbocycles. The predicted molar refractivity (Wildman–Crippen MR) is 168 cm³/mol. The number of aromatic hydroxyl groups is 1. The Labute approximate surface area is 259 Å². The van der Waals surface area contributed by atoms with E-state index in [0.717, 1.165) is 30.0 Å². The summed E-state index contributed by atoms with van der Waals surface area (Å²) in [6.45, 7) is 7.15. The van der Waals surface area contributed by atoms with Crippen LogP contribution in [-0.2, 0) is 13.0 Å². The Hall–Kier alpha value is -3.66. The van der Waals surface area contributed by atoms with Crippen LogP contribution in [-0.4, -0.2) is 70.7 Å². The fraction of sp³-hybridized carbons (Fsp3) is 0.394. The molecule has 234 valence electrons. The minimum absolute atomic E-state index is 0. The Morgan fingerprint density at radius 3 is 2.14 bits per heavy atom. The first-order chi connectivity index (χ1) is 20.0. The number of phenols is 1. The molecule has 43 heavy (non-hydrogen) atoms. The minimum atomic E-state index is -1.17. The molecule has 0 fully saturated rings. The highest BCUT2D eigenvalue weighted by atomic mass is 35.5. The lowest BCUT2D eigenvalue weighted by Crippen LogP contribution is -2.46. The Kier molecular flexibility index (Phi) is 13.9. The summed E-state index contributed by atoms with van der Waals surface area (Å²) in [5.74, 6) is -0.720. The normalized spacial score (nSPS) is 12.2. The smallest absolute Gasteiger partial charge is 0.254 e. The third-order valence-corrected chi connectivity index (χ3v) is 6.96. The second kappa shape index (κ2) is 16.8. The van der Waals surface area contributed by atoms with E-state index in [4.69, 9.17) is 10.5 Å². The average Bonchev–Trinajstić information content (AvgIpc) is 2.95. The van der Waals surface area contributed by atoms with E-state index in [2.05, 4.69) is 0 Å². The molecule has 4 N–H and O–H groups in total. The molecular weight excluding hydrogens is 573 g/mol. The number of hydrogen-bond acceptors (Lipinski definition) is 6. The van der Waals surface area contributed by atoms with E-state index in [0.29, 0.717) is 35.5 Å². The molecule has 0 radical (unpaired) electrons. The Balaban J connectivity index is 0.00000645. The van der Waals surface area contributed by atoms with Gasteiger partial charge in [0.25, 0.3) is 11.8 Å². The zero-order valence-corrected chi connectivity index (χ0v) is 26.1. The van der Waals surface area contributed by atoms with Crippen LogP contribution >= 0.6 is 12.4 Å². The maximum absolute atomic E-state index is 14.0. The van der Waals surface area contributed by atoms with Crippen molar-refractivity contribution in [1.82, 2.24) is 9.80 Å². The van der Waals surface area contributed by atoms with Gasteiger partial charge in [-0.15, -0.1) is 12.4 Å². The van der Waals surface area contributed by atoms with Crippen LogP contribution in [0.3, 0.4) is 0 Å². The number of carbonyl (C=O) groups excluding carboxylic acids is 2. The zero-order chi connectivity index (χ0) is 30.8. The summed E-state index contributed by atoms with van der Waals surface area (Å²) in [5.41, 5.74) is 9.02. The lowest BCUT2D eigenvalue weighted by Gasteiger charge is -2.29. The first kappa shape index (κ1) is 35.5. The van der Waals surface area contributed by atoms with Crippen LogP contribution in [0.4, 0.5) is 4.39 Å². The van der Waals surface area contributed by atoms with Gasteiger partial charge in [0.2, 0.25) is 0 Å². The van der Waals surface area contributed by atoms with E-state index in [1.807, 2.05) is 32.9 Å². The number of nitrogens with zero attached hydrogens (tertiary/aromatic N) is 2. The highest BCUT2D eigenvalue weighted by molar-refractivity contribution is 6.00.